The highest BCUT2D eigenvalue weighted by molar-refractivity contribution is 5.95. The molecule has 0 heterocycles. The second kappa shape index (κ2) is 11.0. The SMILES string of the molecule is COc1cccc(C(=O)NCCCC(C)CNC(=O)c2cccc(OC)c2)c1. The molecule has 0 aliphatic heterocycles. The maximum Gasteiger partial charge on any atom is 0.251 e. The molecule has 0 radical (unpaired) electrons. The Bertz CT molecular complexity index is 792. The average Bonchev–Trinajstić information content (AvgIpc) is 2.74. The molecule has 0 bridgehead atoms. The number of hydrogen-bond acceptors (Lipinski definition) is 4. The van der Waals surface area contributed by atoms with Crippen LogP contribution >= 0.6 is 0 Å². The van der Waals surface area contributed by atoms with Crippen molar-refractivity contribution in [2.45, 2.75) is 19.8 Å². The van der Waals surface area contributed by atoms with Crippen LogP contribution in [-0.2, 0) is 0 Å². The number of ether oxygens (including phenoxy) is 2. The zero-order valence-corrected chi connectivity index (χ0v) is 16.7. The molecule has 1 atom stereocenters. The summed E-state index contributed by atoms with van der Waals surface area (Å²) in [5.74, 6) is 1.40. The van der Waals surface area contributed by atoms with Crippen molar-refractivity contribution in [2.24, 2.45) is 5.92 Å². The molecule has 6 heteroatoms. The summed E-state index contributed by atoms with van der Waals surface area (Å²) >= 11 is 0. The van der Waals surface area contributed by atoms with Crippen molar-refractivity contribution in [2.75, 3.05) is 27.3 Å². The molecule has 1 unspecified atom stereocenters. The van der Waals surface area contributed by atoms with Crippen LogP contribution in [0.15, 0.2) is 48.5 Å². The van der Waals surface area contributed by atoms with Crippen LogP contribution in [0.4, 0.5) is 0 Å². The molecule has 0 saturated carbocycles. The standard InChI is InChI=1S/C22H28N2O4/c1-16(15-24-22(26)18-9-5-11-20(14-18)28-3)7-6-12-23-21(25)17-8-4-10-19(13-17)27-2/h4-5,8-11,13-14,16H,6-7,12,15H2,1-3H3,(H,23,25)(H,24,26). The third-order valence-corrected chi connectivity index (χ3v) is 4.43. The Morgan fingerprint density at radius 2 is 1.43 bits per heavy atom. The molecule has 28 heavy (non-hydrogen) atoms. The lowest BCUT2D eigenvalue weighted by molar-refractivity contribution is 0.0945. The van der Waals surface area contributed by atoms with Crippen LogP contribution in [-0.4, -0.2) is 39.1 Å². The van der Waals surface area contributed by atoms with Crippen LogP contribution in [0.1, 0.15) is 40.5 Å². The van der Waals surface area contributed by atoms with Crippen LogP contribution in [0.25, 0.3) is 0 Å². The minimum absolute atomic E-state index is 0.113. The van der Waals surface area contributed by atoms with E-state index in [1.807, 2.05) is 0 Å². The van der Waals surface area contributed by atoms with E-state index in [0.29, 0.717) is 41.6 Å². The van der Waals surface area contributed by atoms with Gasteiger partial charge in [0.2, 0.25) is 0 Å². The Hall–Kier alpha value is -3.02. The van der Waals surface area contributed by atoms with Gasteiger partial charge in [-0.15, -0.1) is 0 Å². The molecule has 2 aromatic rings. The Kier molecular flexibility index (Phi) is 8.34. The summed E-state index contributed by atoms with van der Waals surface area (Å²) in [6.45, 7) is 3.25. The maximum atomic E-state index is 12.2. The number of amides is 2. The molecule has 0 saturated heterocycles. The Balaban J connectivity index is 1.67. The molecule has 0 aliphatic carbocycles. The van der Waals surface area contributed by atoms with Gasteiger partial charge in [-0.3, -0.25) is 9.59 Å². The number of hydrogen-bond donors (Lipinski definition) is 2. The van der Waals surface area contributed by atoms with Gasteiger partial charge in [-0.1, -0.05) is 19.1 Å². The molecule has 2 N–H and O–H groups in total. The topological polar surface area (TPSA) is 76.7 Å². The van der Waals surface area contributed by atoms with E-state index in [-0.39, 0.29) is 11.8 Å². The molecule has 6 nitrogen and oxygen atoms in total. The zero-order chi connectivity index (χ0) is 20.4. The van der Waals surface area contributed by atoms with Crippen molar-refractivity contribution in [3.63, 3.8) is 0 Å². The largest absolute Gasteiger partial charge is 0.497 e. The lowest BCUT2D eigenvalue weighted by Crippen LogP contribution is -2.29. The van der Waals surface area contributed by atoms with Gasteiger partial charge in [0.15, 0.2) is 0 Å². The third-order valence-electron chi connectivity index (χ3n) is 4.43. The van der Waals surface area contributed by atoms with Crippen LogP contribution in [0, 0.1) is 5.92 Å². The lowest BCUT2D eigenvalue weighted by Gasteiger charge is -2.13. The highest BCUT2D eigenvalue weighted by Gasteiger charge is 2.10. The molecule has 0 fully saturated rings. The predicted molar refractivity (Wildman–Crippen MR) is 109 cm³/mol. The van der Waals surface area contributed by atoms with E-state index in [1.54, 1.807) is 62.8 Å². The van der Waals surface area contributed by atoms with Gasteiger partial charge in [0.1, 0.15) is 11.5 Å². The molecule has 0 aliphatic rings. The van der Waals surface area contributed by atoms with E-state index in [0.717, 1.165) is 12.8 Å². The summed E-state index contributed by atoms with van der Waals surface area (Å²) in [5.41, 5.74) is 1.16. The monoisotopic (exact) mass is 384 g/mol. The fourth-order valence-corrected chi connectivity index (χ4v) is 2.75. The van der Waals surface area contributed by atoms with Crippen molar-refractivity contribution < 1.29 is 19.1 Å². The first kappa shape index (κ1) is 21.3. The Morgan fingerprint density at radius 1 is 0.893 bits per heavy atom. The number of methoxy groups -OCH3 is 2. The van der Waals surface area contributed by atoms with Crippen molar-refractivity contribution in [3.8, 4) is 11.5 Å². The van der Waals surface area contributed by atoms with Crippen LogP contribution < -0.4 is 20.1 Å². The van der Waals surface area contributed by atoms with Crippen molar-refractivity contribution in [1.29, 1.82) is 0 Å². The van der Waals surface area contributed by atoms with Gasteiger partial charge in [0.25, 0.3) is 11.8 Å². The van der Waals surface area contributed by atoms with Gasteiger partial charge >= 0.3 is 0 Å². The van der Waals surface area contributed by atoms with E-state index in [1.165, 1.54) is 0 Å². The van der Waals surface area contributed by atoms with E-state index in [4.69, 9.17) is 9.47 Å². The Labute approximate surface area is 166 Å². The van der Waals surface area contributed by atoms with E-state index >= 15 is 0 Å². The van der Waals surface area contributed by atoms with Gasteiger partial charge < -0.3 is 20.1 Å². The zero-order valence-electron chi connectivity index (χ0n) is 16.7. The highest BCUT2D eigenvalue weighted by atomic mass is 16.5. The molecule has 0 aromatic heterocycles. The summed E-state index contributed by atoms with van der Waals surface area (Å²) in [4.78, 5) is 24.4. The van der Waals surface area contributed by atoms with Gasteiger partial charge in [-0.05, 0) is 55.2 Å². The number of nitrogens with one attached hydrogen (secondary N) is 2. The fraction of sp³-hybridized carbons (Fsp3) is 0.364. The van der Waals surface area contributed by atoms with Crippen LogP contribution in [0.5, 0.6) is 11.5 Å². The van der Waals surface area contributed by atoms with Crippen LogP contribution in [0.2, 0.25) is 0 Å². The molecular formula is C22H28N2O4. The van der Waals surface area contributed by atoms with Crippen molar-refractivity contribution >= 4 is 11.8 Å². The lowest BCUT2D eigenvalue weighted by atomic mass is 10.1. The normalized spacial score (nSPS) is 11.4. The molecule has 2 rings (SSSR count). The maximum absolute atomic E-state index is 12.2. The number of carbonyl (C=O) groups is 2. The highest BCUT2D eigenvalue weighted by Crippen LogP contribution is 2.13. The second-order valence-corrected chi connectivity index (χ2v) is 6.68. The van der Waals surface area contributed by atoms with Gasteiger partial charge in [-0.2, -0.15) is 0 Å². The smallest absolute Gasteiger partial charge is 0.251 e. The average molecular weight is 384 g/mol. The number of benzene rings is 2. The first-order chi connectivity index (χ1) is 13.5. The molecular weight excluding hydrogens is 356 g/mol. The summed E-state index contributed by atoms with van der Waals surface area (Å²) in [5, 5.41) is 5.86. The molecule has 150 valence electrons. The van der Waals surface area contributed by atoms with E-state index in [2.05, 4.69) is 17.6 Å². The molecule has 2 amide bonds. The van der Waals surface area contributed by atoms with E-state index in [9.17, 15) is 9.59 Å². The minimum atomic E-state index is -0.114. The summed E-state index contributed by atoms with van der Waals surface area (Å²) in [6, 6.07) is 14.1. The number of carbonyl (C=O) groups excluding carboxylic acids is 2. The number of rotatable bonds is 10. The van der Waals surface area contributed by atoms with E-state index < -0.39 is 0 Å². The quantitative estimate of drug-likeness (QED) is 0.617. The van der Waals surface area contributed by atoms with Gasteiger partial charge in [-0.25, -0.2) is 0 Å². The van der Waals surface area contributed by atoms with Gasteiger partial charge in [0.05, 0.1) is 14.2 Å². The predicted octanol–water partition coefficient (Wildman–Crippen LogP) is 3.28. The molecule has 0 spiro atoms. The second-order valence-electron chi connectivity index (χ2n) is 6.68. The first-order valence-corrected chi connectivity index (χ1v) is 9.38. The third kappa shape index (κ3) is 6.61. The van der Waals surface area contributed by atoms with Crippen molar-refractivity contribution in [1.82, 2.24) is 10.6 Å². The summed E-state index contributed by atoms with van der Waals surface area (Å²) in [7, 11) is 3.15. The Morgan fingerprint density at radius 3 is 1.96 bits per heavy atom. The minimum Gasteiger partial charge on any atom is -0.497 e. The van der Waals surface area contributed by atoms with Crippen LogP contribution in [0.3, 0.4) is 0 Å². The summed E-state index contributed by atoms with van der Waals surface area (Å²) < 4.78 is 10.3. The first-order valence-electron chi connectivity index (χ1n) is 9.38. The fourth-order valence-electron chi connectivity index (χ4n) is 2.75. The molecule has 2 aromatic carbocycles. The van der Waals surface area contributed by atoms with Crippen molar-refractivity contribution in [3.05, 3.63) is 59.7 Å². The van der Waals surface area contributed by atoms with Gasteiger partial charge in [0, 0.05) is 24.2 Å². The summed E-state index contributed by atoms with van der Waals surface area (Å²) in [6.07, 6.45) is 1.74.